The molecule has 1 aromatic rings. The van der Waals surface area contributed by atoms with Crippen molar-refractivity contribution in [3.63, 3.8) is 0 Å². The molecular weight excluding hydrogens is 156 g/mol. The third kappa shape index (κ3) is 1.95. The summed E-state index contributed by atoms with van der Waals surface area (Å²) in [5.41, 5.74) is 0.902. The van der Waals surface area contributed by atoms with Gasteiger partial charge >= 0.3 is 5.97 Å². The third-order valence-electron chi connectivity index (χ3n) is 1.36. The van der Waals surface area contributed by atoms with Gasteiger partial charge in [-0.15, -0.1) is 0 Å². The van der Waals surface area contributed by atoms with Gasteiger partial charge in [-0.05, 0) is 19.1 Å². The van der Waals surface area contributed by atoms with E-state index in [1.807, 2.05) is 6.92 Å². The summed E-state index contributed by atoms with van der Waals surface area (Å²) in [4.78, 5) is 14.1. The zero-order chi connectivity index (χ0) is 8.97. The molecule has 12 heavy (non-hydrogen) atoms. The van der Waals surface area contributed by atoms with Crippen LogP contribution in [0.5, 0.6) is 0 Å². The number of carboxylic acids is 1. The minimum Gasteiger partial charge on any atom is -0.477 e. The van der Waals surface area contributed by atoms with Crippen LogP contribution in [-0.2, 0) is 0 Å². The van der Waals surface area contributed by atoms with Crippen molar-refractivity contribution in [1.29, 1.82) is 0 Å². The number of anilines is 1. The molecule has 0 unspecified atom stereocenters. The molecule has 0 aliphatic carbocycles. The Balaban J connectivity index is 2.78. The molecule has 4 heteroatoms. The first-order valence-electron chi connectivity index (χ1n) is 3.67. The van der Waals surface area contributed by atoms with E-state index in [-0.39, 0.29) is 5.69 Å². The van der Waals surface area contributed by atoms with Gasteiger partial charge in [0.05, 0.1) is 11.9 Å². The van der Waals surface area contributed by atoms with Gasteiger partial charge < -0.3 is 10.4 Å². The topological polar surface area (TPSA) is 62.2 Å². The second-order valence-electron chi connectivity index (χ2n) is 2.27. The Bertz CT molecular complexity index is 269. The number of carboxylic acid groups (broad SMARTS) is 1. The van der Waals surface area contributed by atoms with Crippen LogP contribution in [0.4, 0.5) is 5.69 Å². The zero-order valence-electron chi connectivity index (χ0n) is 6.74. The summed E-state index contributed by atoms with van der Waals surface area (Å²) in [6.07, 6.45) is 1.51. The van der Waals surface area contributed by atoms with Crippen molar-refractivity contribution in [3.8, 4) is 0 Å². The first-order valence-corrected chi connectivity index (χ1v) is 3.67. The molecular formula is C8H10N2O2. The predicted octanol–water partition coefficient (Wildman–Crippen LogP) is 1.21. The van der Waals surface area contributed by atoms with Crippen LogP contribution in [0, 0.1) is 0 Å². The van der Waals surface area contributed by atoms with Crippen molar-refractivity contribution >= 4 is 11.7 Å². The van der Waals surface area contributed by atoms with Gasteiger partial charge in [0.1, 0.15) is 5.69 Å². The van der Waals surface area contributed by atoms with Gasteiger partial charge in [0.2, 0.25) is 0 Å². The van der Waals surface area contributed by atoms with Crippen LogP contribution >= 0.6 is 0 Å². The summed E-state index contributed by atoms with van der Waals surface area (Å²) >= 11 is 0. The molecule has 1 aromatic heterocycles. The summed E-state index contributed by atoms with van der Waals surface area (Å²) in [7, 11) is 0. The van der Waals surface area contributed by atoms with Crippen molar-refractivity contribution in [3.05, 3.63) is 24.0 Å². The van der Waals surface area contributed by atoms with Crippen molar-refractivity contribution in [2.45, 2.75) is 6.92 Å². The number of hydrogen-bond donors (Lipinski definition) is 2. The van der Waals surface area contributed by atoms with Crippen LogP contribution in [0.3, 0.4) is 0 Å². The molecule has 0 aromatic carbocycles. The monoisotopic (exact) mass is 166 g/mol. The average molecular weight is 166 g/mol. The van der Waals surface area contributed by atoms with E-state index in [9.17, 15) is 4.79 Å². The molecule has 1 rings (SSSR count). The quantitative estimate of drug-likeness (QED) is 0.708. The number of carbonyl (C=O) groups is 1. The molecule has 64 valence electrons. The highest BCUT2D eigenvalue weighted by Gasteiger charge is 2.02. The van der Waals surface area contributed by atoms with Crippen LogP contribution in [0.1, 0.15) is 17.4 Å². The molecule has 0 radical (unpaired) electrons. The van der Waals surface area contributed by atoms with E-state index in [4.69, 9.17) is 5.11 Å². The van der Waals surface area contributed by atoms with Crippen LogP contribution < -0.4 is 5.32 Å². The van der Waals surface area contributed by atoms with Gasteiger partial charge in [-0.2, -0.15) is 0 Å². The molecule has 0 aliphatic rings. The number of rotatable bonds is 3. The Morgan fingerprint density at radius 2 is 2.42 bits per heavy atom. The maximum atomic E-state index is 10.4. The molecule has 0 amide bonds. The normalized spacial score (nSPS) is 9.42. The van der Waals surface area contributed by atoms with Gasteiger partial charge in [-0.1, -0.05) is 0 Å². The molecule has 2 N–H and O–H groups in total. The lowest BCUT2D eigenvalue weighted by atomic mass is 10.3. The lowest BCUT2D eigenvalue weighted by Gasteiger charge is -2.01. The number of aromatic carboxylic acids is 1. The number of aromatic nitrogens is 1. The maximum Gasteiger partial charge on any atom is 0.354 e. The van der Waals surface area contributed by atoms with E-state index in [2.05, 4.69) is 10.3 Å². The van der Waals surface area contributed by atoms with Crippen molar-refractivity contribution in [1.82, 2.24) is 4.98 Å². The Kier molecular flexibility index (Phi) is 2.63. The molecule has 1 heterocycles. The van der Waals surface area contributed by atoms with E-state index >= 15 is 0 Å². The van der Waals surface area contributed by atoms with Crippen LogP contribution in [0.15, 0.2) is 18.3 Å². The Labute approximate surface area is 70.3 Å². The summed E-state index contributed by atoms with van der Waals surface area (Å²) in [5.74, 6) is -1.00. The number of hydrogen-bond acceptors (Lipinski definition) is 3. The standard InChI is InChI=1S/C8H10N2O2/c1-2-9-6-3-4-7(8(11)12)10-5-6/h3-5,9H,2H2,1H3,(H,11,12). The summed E-state index contributed by atoms with van der Waals surface area (Å²) < 4.78 is 0. The van der Waals surface area contributed by atoms with E-state index in [1.54, 1.807) is 6.07 Å². The smallest absolute Gasteiger partial charge is 0.354 e. The Morgan fingerprint density at radius 1 is 1.67 bits per heavy atom. The molecule has 0 saturated carbocycles. The second-order valence-corrected chi connectivity index (χ2v) is 2.27. The molecule has 0 spiro atoms. The average Bonchev–Trinajstić information content (AvgIpc) is 2.06. The van der Waals surface area contributed by atoms with E-state index in [1.165, 1.54) is 12.3 Å². The van der Waals surface area contributed by atoms with Gasteiger partial charge in [0, 0.05) is 6.54 Å². The van der Waals surface area contributed by atoms with Gasteiger partial charge in [-0.3, -0.25) is 0 Å². The zero-order valence-corrected chi connectivity index (χ0v) is 6.74. The van der Waals surface area contributed by atoms with E-state index < -0.39 is 5.97 Å². The fraction of sp³-hybridized carbons (Fsp3) is 0.250. The highest BCUT2D eigenvalue weighted by atomic mass is 16.4. The fourth-order valence-electron chi connectivity index (χ4n) is 0.829. The number of pyridine rings is 1. The lowest BCUT2D eigenvalue weighted by Crippen LogP contribution is -2.02. The fourth-order valence-corrected chi connectivity index (χ4v) is 0.829. The first-order chi connectivity index (χ1) is 5.74. The predicted molar refractivity (Wildman–Crippen MR) is 45.4 cm³/mol. The molecule has 0 saturated heterocycles. The van der Waals surface area contributed by atoms with Crippen LogP contribution in [0.2, 0.25) is 0 Å². The van der Waals surface area contributed by atoms with Crippen LogP contribution in [0.25, 0.3) is 0 Å². The highest BCUT2D eigenvalue weighted by molar-refractivity contribution is 5.85. The Hall–Kier alpha value is -1.58. The lowest BCUT2D eigenvalue weighted by molar-refractivity contribution is 0.0690. The van der Waals surface area contributed by atoms with Crippen molar-refractivity contribution in [2.75, 3.05) is 11.9 Å². The van der Waals surface area contributed by atoms with E-state index in [0.717, 1.165) is 12.2 Å². The highest BCUT2D eigenvalue weighted by Crippen LogP contribution is 2.04. The minimum atomic E-state index is -1.00. The van der Waals surface area contributed by atoms with Gasteiger partial charge in [-0.25, -0.2) is 9.78 Å². The third-order valence-corrected chi connectivity index (χ3v) is 1.36. The Morgan fingerprint density at radius 3 is 2.83 bits per heavy atom. The minimum absolute atomic E-state index is 0.0663. The first kappa shape index (κ1) is 8.52. The maximum absolute atomic E-state index is 10.4. The van der Waals surface area contributed by atoms with Crippen molar-refractivity contribution < 1.29 is 9.90 Å². The van der Waals surface area contributed by atoms with Gasteiger partial charge in [0.15, 0.2) is 0 Å². The number of nitrogens with zero attached hydrogens (tertiary/aromatic N) is 1. The molecule has 4 nitrogen and oxygen atoms in total. The largest absolute Gasteiger partial charge is 0.477 e. The molecule has 0 bridgehead atoms. The molecule has 0 fully saturated rings. The summed E-state index contributed by atoms with van der Waals surface area (Å²) in [6, 6.07) is 3.17. The van der Waals surface area contributed by atoms with Gasteiger partial charge in [0.25, 0.3) is 0 Å². The molecule has 0 aliphatic heterocycles. The van der Waals surface area contributed by atoms with Crippen molar-refractivity contribution in [2.24, 2.45) is 0 Å². The number of nitrogens with one attached hydrogen (secondary N) is 1. The molecule has 0 atom stereocenters. The van der Waals surface area contributed by atoms with Crippen LogP contribution in [-0.4, -0.2) is 22.6 Å². The summed E-state index contributed by atoms with van der Waals surface area (Å²) in [6.45, 7) is 2.76. The SMILES string of the molecule is CCNc1ccc(C(=O)O)nc1. The second kappa shape index (κ2) is 3.71. The summed E-state index contributed by atoms with van der Waals surface area (Å²) in [5, 5.41) is 11.5. The van der Waals surface area contributed by atoms with E-state index in [0.29, 0.717) is 0 Å².